The van der Waals surface area contributed by atoms with Crippen LogP contribution in [0.3, 0.4) is 0 Å². The number of halogens is 1. The zero-order valence-corrected chi connectivity index (χ0v) is 19.5. The Morgan fingerprint density at radius 2 is 1.62 bits per heavy atom. The first-order valence-corrected chi connectivity index (χ1v) is 10.8. The molecule has 0 saturated heterocycles. The molecular formula is C25H33FN2O4. The highest BCUT2D eigenvalue weighted by atomic mass is 19.1. The Morgan fingerprint density at radius 3 is 2.22 bits per heavy atom. The summed E-state index contributed by atoms with van der Waals surface area (Å²) < 4.78 is 23.9. The van der Waals surface area contributed by atoms with E-state index in [0.717, 1.165) is 17.5 Å². The Kier molecular flexibility index (Phi) is 9.50. The minimum atomic E-state index is -0.660. The van der Waals surface area contributed by atoms with E-state index in [0.29, 0.717) is 17.9 Å². The maximum absolute atomic E-state index is 13.3. The van der Waals surface area contributed by atoms with Crippen LogP contribution in [-0.4, -0.2) is 43.0 Å². The molecule has 0 radical (unpaired) electrons. The first-order chi connectivity index (χ1) is 15.3. The Balaban J connectivity index is 2.17. The number of rotatable bonds is 11. The third-order valence-electron chi connectivity index (χ3n) is 5.51. The summed E-state index contributed by atoms with van der Waals surface area (Å²) in [5, 5.41) is 2.94. The molecule has 0 unspecified atom stereocenters. The third kappa shape index (κ3) is 6.97. The molecule has 0 saturated carbocycles. The van der Waals surface area contributed by atoms with Gasteiger partial charge in [0.25, 0.3) is 0 Å². The van der Waals surface area contributed by atoms with Crippen LogP contribution in [-0.2, 0) is 22.6 Å². The van der Waals surface area contributed by atoms with Crippen molar-refractivity contribution in [3.63, 3.8) is 0 Å². The maximum atomic E-state index is 13.3. The summed E-state index contributed by atoms with van der Waals surface area (Å²) in [6, 6.07) is 10.8. The number of methoxy groups -OCH3 is 2. The quantitative estimate of drug-likeness (QED) is 0.566. The van der Waals surface area contributed by atoms with Gasteiger partial charge >= 0.3 is 0 Å². The van der Waals surface area contributed by atoms with Crippen molar-refractivity contribution in [2.45, 2.75) is 58.7 Å². The molecule has 2 atom stereocenters. The number of amides is 2. The van der Waals surface area contributed by atoms with Gasteiger partial charge in [-0.25, -0.2) is 4.39 Å². The smallest absolute Gasteiger partial charge is 0.242 e. The molecule has 1 N–H and O–H groups in total. The van der Waals surface area contributed by atoms with Crippen LogP contribution >= 0.6 is 0 Å². The highest BCUT2D eigenvalue weighted by Crippen LogP contribution is 2.28. The van der Waals surface area contributed by atoms with Gasteiger partial charge in [0.05, 0.1) is 14.2 Å². The third-order valence-corrected chi connectivity index (χ3v) is 5.51. The topological polar surface area (TPSA) is 67.9 Å². The Morgan fingerprint density at radius 1 is 1.00 bits per heavy atom. The molecule has 6 nitrogen and oxygen atoms in total. The van der Waals surface area contributed by atoms with E-state index in [1.54, 1.807) is 44.2 Å². The Hall–Kier alpha value is -3.09. The zero-order chi connectivity index (χ0) is 23.7. The highest BCUT2D eigenvalue weighted by Gasteiger charge is 2.26. The second kappa shape index (κ2) is 12.1. The molecule has 0 fully saturated rings. The van der Waals surface area contributed by atoms with Gasteiger partial charge in [0.15, 0.2) is 11.5 Å². The predicted molar refractivity (Wildman–Crippen MR) is 122 cm³/mol. The van der Waals surface area contributed by atoms with Crippen molar-refractivity contribution in [2.24, 2.45) is 0 Å². The molecule has 0 bridgehead atoms. The fourth-order valence-corrected chi connectivity index (χ4v) is 3.27. The number of carbonyl (C=O) groups is 2. The Labute approximate surface area is 189 Å². The number of nitrogens with zero attached hydrogens (tertiary/aromatic N) is 1. The fraction of sp³-hybridized carbons (Fsp3) is 0.440. The minimum Gasteiger partial charge on any atom is -0.493 e. The lowest BCUT2D eigenvalue weighted by molar-refractivity contribution is -0.140. The molecule has 0 heterocycles. The fourth-order valence-electron chi connectivity index (χ4n) is 3.27. The molecule has 0 aliphatic heterocycles. The van der Waals surface area contributed by atoms with Gasteiger partial charge in [-0.15, -0.1) is 0 Å². The molecule has 32 heavy (non-hydrogen) atoms. The van der Waals surface area contributed by atoms with Crippen molar-refractivity contribution in [2.75, 3.05) is 14.2 Å². The molecule has 0 aliphatic carbocycles. The maximum Gasteiger partial charge on any atom is 0.242 e. The van der Waals surface area contributed by atoms with Gasteiger partial charge in [-0.2, -0.15) is 0 Å². The van der Waals surface area contributed by atoms with Crippen LogP contribution in [0.4, 0.5) is 4.39 Å². The highest BCUT2D eigenvalue weighted by molar-refractivity contribution is 5.87. The molecule has 7 heteroatoms. The lowest BCUT2D eigenvalue weighted by Gasteiger charge is -2.30. The van der Waals surface area contributed by atoms with E-state index in [4.69, 9.17) is 9.47 Å². The van der Waals surface area contributed by atoms with Gasteiger partial charge in [-0.3, -0.25) is 9.59 Å². The van der Waals surface area contributed by atoms with Crippen LogP contribution in [0.2, 0.25) is 0 Å². The largest absolute Gasteiger partial charge is 0.493 e. The van der Waals surface area contributed by atoms with E-state index in [1.807, 2.05) is 26.0 Å². The van der Waals surface area contributed by atoms with Gasteiger partial charge < -0.3 is 19.7 Å². The van der Waals surface area contributed by atoms with Gasteiger partial charge in [0.1, 0.15) is 11.9 Å². The molecule has 174 valence electrons. The summed E-state index contributed by atoms with van der Waals surface area (Å²) in [5.41, 5.74) is 1.68. The molecular weight excluding hydrogens is 411 g/mol. The molecule has 0 aliphatic rings. The van der Waals surface area contributed by atoms with E-state index >= 15 is 0 Å². The van der Waals surface area contributed by atoms with E-state index in [2.05, 4.69) is 5.32 Å². The average molecular weight is 445 g/mol. The number of nitrogens with one attached hydrogen (secondary N) is 1. The standard InChI is InChI=1S/C25H33FN2O4/c1-6-17(2)27-25(30)18(3)28(16-20-7-11-21(26)12-8-20)24(29)14-10-19-9-13-22(31-4)23(15-19)32-5/h7-9,11-13,15,17-18H,6,10,14,16H2,1-5H3,(H,27,30)/t17-,18+/m0/s1. The number of hydrogen-bond donors (Lipinski definition) is 1. The lowest BCUT2D eigenvalue weighted by atomic mass is 10.1. The van der Waals surface area contributed by atoms with Crippen molar-refractivity contribution in [3.05, 3.63) is 59.4 Å². The van der Waals surface area contributed by atoms with E-state index in [9.17, 15) is 14.0 Å². The summed E-state index contributed by atoms with van der Waals surface area (Å²) >= 11 is 0. The second-order valence-corrected chi connectivity index (χ2v) is 7.83. The summed E-state index contributed by atoms with van der Waals surface area (Å²) in [5.74, 6) is 0.511. The van der Waals surface area contributed by atoms with Crippen LogP contribution in [0.25, 0.3) is 0 Å². The molecule has 0 aromatic heterocycles. The number of carbonyl (C=O) groups excluding carboxylic acids is 2. The number of hydrogen-bond acceptors (Lipinski definition) is 4. The minimum absolute atomic E-state index is 0.0134. The zero-order valence-electron chi connectivity index (χ0n) is 19.5. The summed E-state index contributed by atoms with van der Waals surface area (Å²) in [4.78, 5) is 27.5. The van der Waals surface area contributed by atoms with Gasteiger partial charge in [0, 0.05) is 19.0 Å². The van der Waals surface area contributed by atoms with E-state index in [1.165, 1.54) is 12.1 Å². The lowest BCUT2D eigenvalue weighted by Crippen LogP contribution is -2.49. The summed E-state index contributed by atoms with van der Waals surface area (Å²) in [7, 11) is 3.13. The van der Waals surface area contributed by atoms with Crippen LogP contribution in [0.5, 0.6) is 11.5 Å². The number of benzene rings is 2. The van der Waals surface area contributed by atoms with Crippen LogP contribution in [0.15, 0.2) is 42.5 Å². The van der Waals surface area contributed by atoms with Gasteiger partial charge in [-0.05, 0) is 62.1 Å². The number of ether oxygens (including phenoxy) is 2. The summed E-state index contributed by atoms with van der Waals surface area (Å²) in [6.45, 7) is 5.85. The second-order valence-electron chi connectivity index (χ2n) is 7.83. The predicted octanol–water partition coefficient (Wildman–Crippen LogP) is 4.11. The van der Waals surface area contributed by atoms with Crippen molar-refractivity contribution in [3.8, 4) is 11.5 Å². The average Bonchev–Trinajstić information content (AvgIpc) is 2.81. The van der Waals surface area contributed by atoms with E-state index < -0.39 is 6.04 Å². The SMILES string of the molecule is CC[C@H](C)NC(=O)[C@@H](C)N(Cc1ccc(F)cc1)C(=O)CCc1ccc(OC)c(OC)c1. The van der Waals surface area contributed by atoms with Gasteiger partial charge in [-0.1, -0.05) is 25.1 Å². The van der Waals surface area contributed by atoms with Crippen LogP contribution < -0.4 is 14.8 Å². The number of aryl methyl sites for hydroxylation is 1. The first kappa shape index (κ1) is 25.2. The van der Waals surface area contributed by atoms with Gasteiger partial charge in [0.2, 0.25) is 11.8 Å². The van der Waals surface area contributed by atoms with Crippen LogP contribution in [0.1, 0.15) is 44.7 Å². The van der Waals surface area contributed by atoms with Crippen molar-refractivity contribution >= 4 is 11.8 Å². The summed E-state index contributed by atoms with van der Waals surface area (Å²) in [6.07, 6.45) is 1.50. The molecule has 0 spiro atoms. The molecule has 2 aromatic carbocycles. The molecule has 2 amide bonds. The van der Waals surface area contributed by atoms with Crippen LogP contribution in [0, 0.1) is 5.82 Å². The molecule has 2 rings (SSSR count). The van der Waals surface area contributed by atoms with Crippen molar-refractivity contribution in [1.82, 2.24) is 10.2 Å². The Bertz CT molecular complexity index is 901. The first-order valence-electron chi connectivity index (χ1n) is 10.8. The van der Waals surface area contributed by atoms with E-state index in [-0.39, 0.29) is 36.6 Å². The van der Waals surface area contributed by atoms with Crippen molar-refractivity contribution < 1.29 is 23.5 Å². The van der Waals surface area contributed by atoms with Crippen molar-refractivity contribution in [1.29, 1.82) is 0 Å². The molecule has 2 aromatic rings. The monoisotopic (exact) mass is 444 g/mol. The normalized spacial score (nSPS) is 12.6.